The van der Waals surface area contributed by atoms with Crippen molar-refractivity contribution in [2.45, 2.75) is 39.3 Å². The normalized spacial score (nSPS) is 16.2. The number of carbonyl (C=O) groups excluding carboxylic acids is 1. The lowest BCUT2D eigenvalue weighted by atomic mass is 9.96. The Morgan fingerprint density at radius 2 is 1.53 bits per heavy atom. The highest BCUT2D eigenvalue weighted by atomic mass is 19.1. The zero-order chi connectivity index (χ0) is 22.9. The van der Waals surface area contributed by atoms with Crippen LogP contribution in [0.5, 0.6) is 0 Å². The fraction of sp³-hybridized carbons (Fsp3) is 0.385. The summed E-state index contributed by atoms with van der Waals surface area (Å²) in [7, 11) is 0. The van der Waals surface area contributed by atoms with Crippen molar-refractivity contribution < 1.29 is 9.18 Å². The molecule has 0 aliphatic carbocycles. The van der Waals surface area contributed by atoms with Crippen LogP contribution in [-0.4, -0.2) is 51.7 Å². The van der Waals surface area contributed by atoms with Gasteiger partial charge in [0.1, 0.15) is 11.5 Å². The number of aryl methyl sites for hydroxylation is 1. The number of amides is 1. The van der Waals surface area contributed by atoms with E-state index >= 15 is 0 Å². The van der Waals surface area contributed by atoms with E-state index < -0.39 is 0 Å². The number of hydrogen-bond acceptors (Lipinski definition) is 3. The predicted molar refractivity (Wildman–Crippen MR) is 124 cm³/mol. The second kappa shape index (κ2) is 8.87. The number of rotatable bonds is 4. The first kappa shape index (κ1) is 22.2. The zero-order valence-electron chi connectivity index (χ0n) is 19.3. The van der Waals surface area contributed by atoms with Crippen LogP contribution >= 0.6 is 0 Å². The molecule has 5 nitrogen and oxygen atoms in total. The Morgan fingerprint density at radius 3 is 2.12 bits per heavy atom. The van der Waals surface area contributed by atoms with Crippen LogP contribution in [0, 0.1) is 12.7 Å². The second-order valence-electron chi connectivity index (χ2n) is 9.45. The standard InChI is InChI=1S/C26H31FN4O/c1-19-18-23(31(28-19)26(2,3)4)25(32)30-16-14-29(15-17-30)24(20-8-6-5-7-9-20)21-10-12-22(27)13-11-21/h5-13,18,24H,14-17H2,1-4H3. The lowest BCUT2D eigenvalue weighted by Gasteiger charge is -2.40. The number of hydrogen-bond donors (Lipinski definition) is 0. The average Bonchev–Trinajstić information content (AvgIpc) is 3.18. The lowest BCUT2D eigenvalue weighted by Crippen LogP contribution is -2.50. The lowest BCUT2D eigenvalue weighted by molar-refractivity contribution is 0.0578. The van der Waals surface area contributed by atoms with Gasteiger partial charge in [0.05, 0.1) is 17.3 Å². The topological polar surface area (TPSA) is 41.4 Å². The number of aromatic nitrogens is 2. The Labute approximate surface area is 189 Å². The van der Waals surface area contributed by atoms with Crippen molar-refractivity contribution >= 4 is 5.91 Å². The van der Waals surface area contributed by atoms with Gasteiger partial charge in [-0.15, -0.1) is 0 Å². The molecular weight excluding hydrogens is 403 g/mol. The van der Waals surface area contributed by atoms with E-state index in [1.54, 1.807) is 0 Å². The SMILES string of the molecule is Cc1cc(C(=O)N2CCN(C(c3ccccc3)c3ccc(F)cc3)CC2)n(C(C)(C)C)n1. The molecule has 32 heavy (non-hydrogen) atoms. The summed E-state index contributed by atoms with van der Waals surface area (Å²) in [5.74, 6) is -0.208. The van der Waals surface area contributed by atoms with Crippen LogP contribution in [0.3, 0.4) is 0 Å². The smallest absolute Gasteiger partial charge is 0.272 e. The van der Waals surface area contributed by atoms with Crippen molar-refractivity contribution in [2.75, 3.05) is 26.2 Å². The van der Waals surface area contributed by atoms with Crippen molar-refractivity contribution in [2.24, 2.45) is 0 Å². The number of halogens is 1. The van der Waals surface area contributed by atoms with E-state index in [0.29, 0.717) is 18.8 Å². The first-order chi connectivity index (χ1) is 15.2. The van der Waals surface area contributed by atoms with Gasteiger partial charge in [0, 0.05) is 26.2 Å². The number of benzene rings is 2. The number of nitrogens with zero attached hydrogens (tertiary/aromatic N) is 4. The third-order valence-corrected chi connectivity index (χ3v) is 5.95. The fourth-order valence-electron chi connectivity index (χ4n) is 4.40. The summed E-state index contributed by atoms with van der Waals surface area (Å²) in [6.45, 7) is 10.8. The van der Waals surface area contributed by atoms with Crippen LogP contribution in [0.25, 0.3) is 0 Å². The molecule has 1 fully saturated rings. The van der Waals surface area contributed by atoms with Crippen LogP contribution in [0.15, 0.2) is 60.7 Å². The monoisotopic (exact) mass is 434 g/mol. The van der Waals surface area contributed by atoms with Crippen molar-refractivity contribution in [3.63, 3.8) is 0 Å². The molecule has 3 aromatic rings. The molecule has 0 bridgehead atoms. The summed E-state index contributed by atoms with van der Waals surface area (Å²) in [6, 6.07) is 18.9. The first-order valence-corrected chi connectivity index (χ1v) is 11.1. The number of piperazine rings is 1. The van der Waals surface area contributed by atoms with Crippen LogP contribution in [-0.2, 0) is 5.54 Å². The van der Waals surface area contributed by atoms with Gasteiger partial charge in [-0.25, -0.2) is 4.39 Å². The molecule has 0 N–H and O–H groups in total. The molecule has 0 spiro atoms. The number of carbonyl (C=O) groups is 1. The van der Waals surface area contributed by atoms with Crippen LogP contribution in [0.2, 0.25) is 0 Å². The summed E-state index contributed by atoms with van der Waals surface area (Å²) in [5, 5.41) is 4.56. The average molecular weight is 435 g/mol. The molecule has 1 atom stereocenters. The van der Waals surface area contributed by atoms with Crippen molar-refractivity contribution in [3.05, 3.63) is 89.0 Å². The molecule has 1 aliphatic heterocycles. The summed E-state index contributed by atoms with van der Waals surface area (Å²) in [4.78, 5) is 17.6. The molecule has 1 saturated heterocycles. The Bertz CT molecular complexity index is 1060. The fourth-order valence-corrected chi connectivity index (χ4v) is 4.40. The molecule has 1 unspecified atom stereocenters. The summed E-state index contributed by atoms with van der Waals surface area (Å²) in [6.07, 6.45) is 0. The maximum atomic E-state index is 13.5. The molecule has 2 heterocycles. The molecule has 0 saturated carbocycles. The molecule has 1 aliphatic rings. The highest BCUT2D eigenvalue weighted by molar-refractivity contribution is 5.93. The van der Waals surface area contributed by atoms with Crippen LogP contribution in [0.4, 0.5) is 4.39 Å². The van der Waals surface area contributed by atoms with Gasteiger partial charge in [-0.3, -0.25) is 14.4 Å². The third-order valence-electron chi connectivity index (χ3n) is 5.95. The van der Waals surface area contributed by atoms with Gasteiger partial charge >= 0.3 is 0 Å². The highest BCUT2D eigenvalue weighted by Crippen LogP contribution is 2.30. The predicted octanol–water partition coefficient (Wildman–Crippen LogP) is 4.63. The maximum Gasteiger partial charge on any atom is 0.272 e. The van der Waals surface area contributed by atoms with E-state index in [1.807, 2.05) is 52.9 Å². The molecule has 1 aromatic heterocycles. The van der Waals surface area contributed by atoms with E-state index in [1.165, 1.54) is 17.7 Å². The van der Waals surface area contributed by atoms with Gasteiger partial charge in [-0.2, -0.15) is 5.10 Å². The minimum absolute atomic E-state index is 0.0244. The van der Waals surface area contributed by atoms with Crippen molar-refractivity contribution in [3.8, 4) is 0 Å². The van der Waals surface area contributed by atoms with Crippen LogP contribution in [0.1, 0.15) is 54.1 Å². The van der Waals surface area contributed by atoms with E-state index in [4.69, 9.17) is 0 Å². The van der Waals surface area contributed by atoms with E-state index in [2.05, 4.69) is 42.9 Å². The molecule has 6 heteroatoms. The molecular formula is C26H31FN4O. The molecule has 2 aromatic carbocycles. The Balaban J connectivity index is 1.54. The Morgan fingerprint density at radius 1 is 0.938 bits per heavy atom. The Kier molecular flexibility index (Phi) is 6.15. The van der Waals surface area contributed by atoms with Gasteiger partial charge in [0.2, 0.25) is 0 Å². The van der Waals surface area contributed by atoms with Crippen LogP contribution < -0.4 is 0 Å². The van der Waals surface area contributed by atoms with Gasteiger partial charge in [0.25, 0.3) is 5.91 Å². The third kappa shape index (κ3) is 4.60. The van der Waals surface area contributed by atoms with Crippen molar-refractivity contribution in [1.29, 1.82) is 0 Å². The molecule has 4 rings (SSSR count). The first-order valence-electron chi connectivity index (χ1n) is 11.1. The van der Waals surface area contributed by atoms with Gasteiger partial charge in [0.15, 0.2) is 0 Å². The van der Waals surface area contributed by atoms with E-state index in [-0.39, 0.29) is 23.3 Å². The van der Waals surface area contributed by atoms with Gasteiger partial charge < -0.3 is 4.90 Å². The quantitative estimate of drug-likeness (QED) is 0.601. The zero-order valence-corrected chi connectivity index (χ0v) is 19.3. The highest BCUT2D eigenvalue weighted by Gasteiger charge is 2.31. The molecule has 1 amide bonds. The molecule has 168 valence electrons. The minimum Gasteiger partial charge on any atom is -0.335 e. The summed E-state index contributed by atoms with van der Waals surface area (Å²) < 4.78 is 15.4. The maximum absolute atomic E-state index is 13.5. The summed E-state index contributed by atoms with van der Waals surface area (Å²) >= 11 is 0. The largest absolute Gasteiger partial charge is 0.335 e. The minimum atomic E-state index is -0.262. The van der Waals surface area contributed by atoms with Gasteiger partial charge in [-0.05, 0) is 57.0 Å². The van der Waals surface area contributed by atoms with E-state index in [0.717, 1.165) is 24.3 Å². The van der Waals surface area contributed by atoms with Crippen molar-refractivity contribution in [1.82, 2.24) is 19.6 Å². The van der Waals surface area contributed by atoms with E-state index in [9.17, 15) is 9.18 Å². The summed E-state index contributed by atoms with van der Waals surface area (Å²) in [5.41, 5.74) is 3.45. The Hall–Kier alpha value is -2.99. The van der Waals surface area contributed by atoms with Gasteiger partial charge in [-0.1, -0.05) is 42.5 Å². The second-order valence-corrected chi connectivity index (χ2v) is 9.45. The molecule has 0 radical (unpaired) electrons.